The molecule has 1 aromatic heterocycles. The third-order valence-electron chi connectivity index (χ3n) is 2.50. The molecule has 2 rings (SSSR count). The number of aromatic nitrogens is 2. The third kappa shape index (κ3) is 2.13. The topological polar surface area (TPSA) is 66.9 Å². The van der Waals surface area contributed by atoms with E-state index >= 15 is 0 Å². The summed E-state index contributed by atoms with van der Waals surface area (Å²) in [5, 5.41) is 5.43. The Morgan fingerprint density at radius 3 is 2.47 bits per heavy atom. The molecule has 2 N–H and O–H groups in total. The van der Waals surface area contributed by atoms with Gasteiger partial charge in [-0.25, -0.2) is 0 Å². The molecule has 0 aliphatic heterocycles. The van der Waals surface area contributed by atoms with Crippen molar-refractivity contribution in [3.8, 4) is 0 Å². The number of carbonyl (C=O) groups excluding carboxylic acids is 1. The van der Waals surface area contributed by atoms with Gasteiger partial charge in [0, 0.05) is 12.6 Å². The summed E-state index contributed by atoms with van der Waals surface area (Å²) in [6.07, 6.45) is 0. The summed E-state index contributed by atoms with van der Waals surface area (Å²) in [6, 6.07) is 8.77. The maximum atomic E-state index is 11.9. The normalized spacial score (nSPS) is 10.2. The van der Waals surface area contributed by atoms with E-state index < -0.39 is 0 Å². The molecule has 5 nitrogen and oxygen atoms in total. The van der Waals surface area contributed by atoms with Gasteiger partial charge in [0.25, 0.3) is 11.5 Å². The molecule has 1 aromatic carbocycles. The maximum absolute atomic E-state index is 11.9. The SMILES string of the molecule is Cc1[nH]n(C)c(=O)c1NC(=O)c1ccccc1. The van der Waals surface area contributed by atoms with Crippen molar-refractivity contribution < 1.29 is 4.79 Å². The number of anilines is 1. The maximum Gasteiger partial charge on any atom is 0.290 e. The van der Waals surface area contributed by atoms with Gasteiger partial charge in [0.2, 0.25) is 0 Å². The number of H-pyrrole nitrogens is 1. The summed E-state index contributed by atoms with van der Waals surface area (Å²) in [5.41, 5.74) is 1.21. The van der Waals surface area contributed by atoms with Gasteiger partial charge >= 0.3 is 0 Å². The third-order valence-corrected chi connectivity index (χ3v) is 2.50. The highest BCUT2D eigenvalue weighted by Crippen LogP contribution is 2.08. The van der Waals surface area contributed by atoms with Gasteiger partial charge in [0.15, 0.2) is 0 Å². The van der Waals surface area contributed by atoms with Crippen molar-refractivity contribution in [1.82, 2.24) is 9.78 Å². The minimum absolute atomic E-state index is 0.244. The predicted octanol–water partition coefficient (Wildman–Crippen LogP) is 1.27. The Bertz CT molecular complexity index is 596. The van der Waals surface area contributed by atoms with E-state index in [0.717, 1.165) is 0 Å². The molecule has 1 heterocycles. The number of rotatable bonds is 2. The van der Waals surface area contributed by atoms with E-state index in [1.807, 2.05) is 6.07 Å². The zero-order chi connectivity index (χ0) is 12.4. The van der Waals surface area contributed by atoms with Crippen LogP contribution in [0.25, 0.3) is 0 Å². The van der Waals surface area contributed by atoms with Gasteiger partial charge < -0.3 is 5.32 Å². The molecule has 0 bridgehead atoms. The van der Waals surface area contributed by atoms with Crippen LogP contribution >= 0.6 is 0 Å². The molecule has 0 saturated heterocycles. The zero-order valence-corrected chi connectivity index (χ0v) is 9.65. The molecule has 5 heteroatoms. The van der Waals surface area contributed by atoms with Crippen molar-refractivity contribution in [2.75, 3.05) is 5.32 Å². The average Bonchev–Trinajstić information content (AvgIpc) is 2.57. The first kappa shape index (κ1) is 11.2. The van der Waals surface area contributed by atoms with E-state index in [2.05, 4.69) is 10.4 Å². The molecule has 0 aliphatic rings. The van der Waals surface area contributed by atoms with E-state index in [0.29, 0.717) is 16.9 Å². The van der Waals surface area contributed by atoms with Crippen LogP contribution in [0.2, 0.25) is 0 Å². The van der Waals surface area contributed by atoms with Crippen LogP contribution in [0.15, 0.2) is 35.1 Å². The molecule has 17 heavy (non-hydrogen) atoms. The van der Waals surface area contributed by atoms with Crippen molar-refractivity contribution in [2.45, 2.75) is 6.92 Å². The molecule has 0 unspecified atom stereocenters. The molecular weight excluding hydrogens is 218 g/mol. The van der Waals surface area contributed by atoms with E-state index in [-0.39, 0.29) is 11.5 Å². The molecule has 1 amide bonds. The first-order valence-corrected chi connectivity index (χ1v) is 5.21. The first-order valence-electron chi connectivity index (χ1n) is 5.21. The second kappa shape index (κ2) is 4.29. The summed E-state index contributed by atoms with van der Waals surface area (Å²) >= 11 is 0. The molecule has 0 radical (unpaired) electrons. The lowest BCUT2D eigenvalue weighted by Crippen LogP contribution is -2.20. The molecule has 0 atom stereocenters. The Morgan fingerprint density at radius 2 is 1.94 bits per heavy atom. The van der Waals surface area contributed by atoms with Gasteiger partial charge in [0.05, 0.1) is 5.69 Å². The number of nitrogens with one attached hydrogen (secondary N) is 2. The molecule has 0 fully saturated rings. The molecule has 0 aliphatic carbocycles. The van der Waals surface area contributed by atoms with E-state index in [4.69, 9.17) is 0 Å². The number of hydrogen-bond donors (Lipinski definition) is 2. The van der Waals surface area contributed by atoms with Gasteiger partial charge in [-0.15, -0.1) is 0 Å². The summed E-state index contributed by atoms with van der Waals surface area (Å²) < 4.78 is 1.33. The van der Waals surface area contributed by atoms with Crippen LogP contribution in [0, 0.1) is 6.92 Å². The standard InChI is InChI=1S/C12H13N3O2/c1-8-10(12(17)15(2)14-8)13-11(16)9-6-4-3-5-7-9/h3-7,14H,1-2H3,(H,13,16). The summed E-state index contributed by atoms with van der Waals surface area (Å²) in [6.45, 7) is 1.74. The summed E-state index contributed by atoms with van der Waals surface area (Å²) in [5.74, 6) is -0.287. The average molecular weight is 231 g/mol. The highest BCUT2D eigenvalue weighted by molar-refractivity contribution is 6.04. The number of benzene rings is 1. The van der Waals surface area contributed by atoms with Crippen LogP contribution in [0.1, 0.15) is 16.1 Å². The molecule has 88 valence electrons. The van der Waals surface area contributed by atoms with Crippen molar-refractivity contribution >= 4 is 11.6 Å². The second-order valence-electron chi connectivity index (χ2n) is 3.80. The Labute approximate surface area is 98.1 Å². The Balaban J connectivity index is 2.28. The fourth-order valence-electron chi connectivity index (χ4n) is 1.61. The molecule has 0 spiro atoms. The summed E-state index contributed by atoms with van der Waals surface area (Å²) in [7, 11) is 1.60. The Morgan fingerprint density at radius 1 is 1.29 bits per heavy atom. The number of nitrogens with zero attached hydrogens (tertiary/aromatic N) is 1. The van der Waals surface area contributed by atoms with Gasteiger partial charge in [-0.2, -0.15) is 0 Å². The number of amides is 1. The minimum atomic E-state index is -0.287. The second-order valence-corrected chi connectivity index (χ2v) is 3.80. The van der Waals surface area contributed by atoms with Crippen molar-refractivity contribution in [2.24, 2.45) is 7.05 Å². The monoisotopic (exact) mass is 231 g/mol. The van der Waals surface area contributed by atoms with Crippen LogP contribution in [0.3, 0.4) is 0 Å². The lowest BCUT2D eigenvalue weighted by atomic mass is 10.2. The van der Waals surface area contributed by atoms with E-state index in [1.54, 1.807) is 38.2 Å². The van der Waals surface area contributed by atoms with Crippen LogP contribution in [-0.2, 0) is 7.05 Å². The molecular formula is C12H13N3O2. The smallest absolute Gasteiger partial charge is 0.290 e. The Kier molecular flexibility index (Phi) is 2.82. The number of aromatic amines is 1. The number of hydrogen-bond acceptors (Lipinski definition) is 2. The van der Waals surface area contributed by atoms with Crippen LogP contribution < -0.4 is 10.9 Å². The lowest BCUT2D eigenvalue weighted by molar-refractivity contribution is 0.102. The van der Waals surface area contributed by atoms with Crippen molar-refractivity contribution in [3.05, 3.63) is 51.9 Å². The van der Waals surface area contributed by atoms with Gasteiger partial charge in [-0.1, -0.05) is 18.2 Å². The van der Waals surface area contributed by atoms with Crippen LogP contribution in [-0.4, -0.2) is 15.7 Å². The molecule has 2 aromatic rings. The highest BCUT2D eigenvalue weighted by Gasteiger charge is 2.12. The Hall–Kier alpha value is -2.30. The van der Waals surface area contributed by atoms with Crippen LogP contribution in [0.5, 0.6) is 0 Å². The summed E-state index contributed by atoms with van der Waals surface area (Å²) in [4.78, 5) is 23.5. The van der Waals surface area contributed by atoms with E-state index in [9.17, 15) is 9.59 Å². The predicted molar refractivity (Wildman–Crippen MR) is 65.2 cm³/mol. The van der Waals surface area contributed by atoms with Gasteiger partial charge in [0.1, 0.15) is 5.69 Å². The number of carbonyl (C=O) groups is 1. The fourth-order valence-corrected chi connectivity index (χ4v) is 1.61. The van der Waals surface area contributed by atoms with Crippen molar-refractivity contribution in [1.29, 1.82) is 0 Å². The highest BCUT2D eigenvalue weighted by atomic mass is 16.2. The largest absolute Gasteiger partial charge is 0.316 e. The molecule has 0 saturated carbocycles. The zero-order valence-electron chi connectivity index (χ0n) is 9.65. The number of aryl methyl sites for hydroxylation is 2. The van der Waals surface area contributed by atoms with Gasteiger partial charge in [-0.3, -0.25) is 19.4 Å². The van der Waals surface area contributed by atoms with Crippen molar-refractivity contribution in [3.63, 3.8) is 0 Å². The minimum Gasteiger partial charge on any atom is -0.316 e. The van der Waals surface area contributed by atoms with Gasteiger partial charge in [-0.05, 0) is 19.1 Å². The quantitative estimate of drug-likeness (QED) is 0.817. The lowest BCUT2D eigenvalue weighted by Gasteiger charge is -2.02. The van der Waals surface area contributed by atoms with E-state index in [1.165, 1.54) is 4.68 Å². The fraction of sp³-hybridized carbons (Fsp3) is 0.167. The van der Waals surface area contributed by atoms with Crippen LogP contribution in [0.4, 0.5) is 5.69 Å². The first-order chi connectivity index (χ1) is 8.09.